The third-order valence-electron chi connectivity index (χ3n) is 4.62. The topological polar surface area (TPSA) is 108 Å². The number of ether oxygens (including phenoxy) is 1. The molecule has 0 spiro atoms. The van der Waals surface area contributed by atoms with Crippen molar-refractivity contribution in [1.29, 1.82) is 5.26 Å². The lowest BCUT2D eigenvalue weighted by Gasteiger charge is -2.21. The molecule has 130 valence electrons. The first-order valence-electron chi connectivity index (χ1n) is 8.33. The Morgan fingerprint density at radius 2 is 2.04 bits per heavy atom. The average Bonchev–Trinajstić information content (AvgIpc) is 3.08. The number of esters is 1. The molecular weight excluding hydrogens is 322 g/mol. The number of benzene rings is 1. The Labute approximate surface area is 145 Å². The number of aryl methyl sites for hydroxylation is 1. The van der Waals surface area contributed by atoms with Crippen molar-refractivity contribution in [2.45, 2.75) is 44.1 Å². The third kappa shape index (κ3) is 3.79. The molecule has 2 aliphatic rings. The van der Waals surface area contributed by atoms with Crippen molar-refractivity contribution < 1.29 is 19.1 Å². The highest BCUT2D eigenvalue weighted by molar-refractivity contribution is 5.96. The molecule has 0 saturated heterocycles. The molecule has 25 heavy (non-hydrogen) atoms. The molecule has 1 aromatic rings. The Bertz CT molecular complexity index is 760. The molecule has 0 radical (unpaired) electrons. The van der Waals surface area contributed by atoms with Crippen LogP contribution in [0.2, 0.25) is 0 Å². The largest absolute Gasteiger partial charge is 0.452 e. The standard InChI is InChI=1S/C18H19N3O4/c19-11-18(7-1-2-8-18)21-16(23)10-25-17(24)13-3-5-14-12(9-13)4-6-15(22)20-14/h3,5,9H,1-2,4,6-8,10H2,(H,20,22)(H,21,23). The highest BCUT2D eigenvalue weighted by atomic mass is 16.5. The van der Waals surface area contributed by atoms with Gasteiger partial charge in [-0.25, -0.2) is 4.79 Å². The molecule has 0 bridgehead atoms. The normalized spacial score (nSPS) is 17.8. The predicted molar refractivity (Wildman–Crippen MR) is 88.6 cm³/mol. The van der Waals surface area contributed by atoms with Crippen molar-refractivity contribution >= 4 is 23.5 Å². The van der Waals surface area contributed by atoms with E-state index >= 15 is 0 Å². The van der Waals surface area contributed by atoms with Gasteiger partial charge in [-0.05, 0) is 55.9 Å². The van der Waals surface area contributed by atoms with Crippen molar-refractivity contribution in [3.8, 4) is 6.07 Å². The maximum absolute atomic E-state index is 12.1. The molecule has 1 aliphatic carbocycles. The van der Waals surface area contributed by atoms with E-state index in [1.165, 1.54) is 0 Å². The van der Waals surface area contributed by atoms with Gasteiger partial charge in [0.05, 0.1) is 11.6 Å². The number of carbonyl (C=O) groups excluding carboxylic acids is 3. The molecular formula is C18H19N3O4. The number of nitrogens with one attached hydrogen (secondary N) is 2. The summed E-state index contributed by atoms with van der Waals surface area (Å²) in [5.74, 6) is -1.12. The number of carbonyl (C=O) groups is 3. The van der Waals surface area contributed by atoms with Gasteiger partial charge < -0.3 is 15.4 Å². The van der Waals surface area contributed by atoms with Crippen LogP contribution in [0.25, 0.3) is 0 Å². The van der Waals surface area contributed by atoms with Crippen molar-refractivity contribution in [1.82, 2.24) is 5.32 Å². The third-order valence-corrected chi connectivity index (χ3v) is 4.62. The first kappa shape index (κ1) is 17.0. The summed E-state index contributed by atoms with van der Waals surface area (Å²) in [6, 6.07) is 7.04. The predicted octanol–water partition coefficient (Wildman–Crippen LogP) is 1.68. The molecule has 7 heteroatoms. The number of amides is 2. The Hall–Kier alpha value is -2.88. The molecule has 1 saturated carbocycles. The summed E-state index contributed by atoms with van der Waals surface area (Å²) >= 11 is 0. The van der Waals surface area contributed by atoms with E-state index in [4.69, 9.17) is 4.74 Å². The average molecular weight is 341 g/mol. The number of nitriles is 1. The lowest BCUT2D eigenvalue weighted by molar-refractivity contribution is -0.125. The van der Waals surface area contributed by atoms with E-state index in [1.54, 1.807) is 18.2 Å². The van der Waals surface area contributed by atoms with Crippen LogP contribution in [-0.4, -0.2) is 29.9 Å². The van der Waals surface area contributed by atoms with Crippen molar-refractivity contribution in [3.63, 3.8) is 0 Å². The summed E-state index contributed by atoms with van der Waals surface area (Å²) in [6.45, 7) is -0.421. The fourth-order valence-electron chi connectivity index (χ4n) is 3.27. The molecule has 1 fully saturated rings. The quantitative estimate of drug-likeness (QED) is 0.810. The van der Waals surface area contributed by atoms with Crippen LogP contribution in [0.4, 0.5) is 5.69 Å². The molecule has 3 rings (SSSR count). The zero-order chi connectivity index (χ0) is 17.9. The van der Waals surface area contributed by atoms with Crippen molar-refractivity contribution in [3.05, 3.63) is 29.3 Å². The zero-order valence-corrected chi connectivity index (χ0v) is 13.8. The molecule has 7 nitrogen and oxygen atoms in total. The number of hydrogen-bond acceptors (Lipinski definition) is 5. The SMILES string of the molecule is N#CC1(NC(=O)COC(=O)c2ccc3c(c2)CCC(=O)N3)CCCC1. The van der Waals surface area contributed by atoms with Crippen molar-refractivity contribution in [2.75, 3.05) is 11.9 Å². The first-order valence-corrected chi connectivity index (χ1v) is 8.33. The fraction of sp³-hybridized carbons (Fsp3) is 0.444. The second kappa shape index (κ2) is 6.93. The number of nitrogens with zero attached hydrogens (tertiary/aromatic N) is 1. The van der Waals surface area contributed by atoms with Gasteiger partial charge >= 0.3 is 5.97 Å². The van der Waals surface area contributed by atoms with E-state index in [1.807, 2.05) is 0 Å². The van der Waals surface area contributed by atoms with E-state index in [0.717, 1.165) is 18.4 Å². The maximum Gasteiger partial charge on any atom is 0.338 e. The Kier molecular flexibility index (Phi) is 4.70. The molecule has 1 aromatic carbocycles. The van der Waals surface area contributed by atoms with Crippen LogP contribution in [0.3, 0.4) is 0 Å². The van der Waals surface area contributed by atoms with E-state index in [2.05, 4.69) is 16.7 Å². The van der Waals surface area contributed by atoms with Gasteiger partial charge in [-0.3, -0.25) is 9.59 Å². The summed E-state index contributed by atoms with van der Waals surface area (Å²) < 4.78 is 5.05. The van der Waals surface area contributed by atoms with Gasteiger partial charge in [-0.2, -0.15) is 5.26 Å². The summed E-state index contributed by atoms with van der Waals surface area (Å²) in [7, 11) is 0. The van der Waals surface area contributed by atoms with Crippen LogP contribution in [0.5, 0.6) is 0 Å². The zero-order valence-electron chi connectivity index (χ0n) is 13.8. The second-order valence-electron chi connectivity index (χ2n) is 6.45. The summed E-state index contributed by atoms with van der Waals surface area (Å²) in [6.07, 6.45) is 4.00. The lowest BCUT2D eigenvalue weighted by atomic mass is 10.00. The van der Waals surface area contributed by atoms with Gasteiger partial charge in [-0.15, -0.1) is 0 Å². The Morgan fingerprint density at radius 1 is 1.28 bits per heavy atom. The van der Waals surface area contributed by atoms with E-state index in [0.29, 0.717) is 36.9 Å². The van der Waals surface area contributed by atoms with Crippen molar-refractivity contribution in [2.24, 2.45) is 0 Å². The minimum Gasteiger partial charge on any atom is -0.452 e. The number of rotatable bonds is 4. The Morgan fingerprint density at radius 3 is 2.76 bits per heavy atom. The first-order chi connectivity index (χ1) is 12.0. The van der Waals surface area contributed by atoms with E-state index in [9.17, 15) is 19.6 Å². The summed E-state index contributed by atoms with van der Waals surface area (Å²) in [4.78, 5) is 35.5. The van der Waals surface area contributed by atoms with Crippen LogP contribution in [-0.2, 0) is 20.7 Å². The van der Waals surface area contributed by atoms with Gasteiger partial charge in [0.15, 0.2) is 6.61 Å². The fourth-order valence-corrected chi connectivity index (χ4v) is 3.27. The van der Waals surface area contributed by atoms with Gasteiger partial charge in [0, 0.05) is 12.1 Å². The molecule has 1 heterocycles. The van der Waals surface area contributed by atoms with Gasteiger partial charge in [0.1, 0.15) is 5.54 Å². The van der Waals surface area contributed by atoms with Crippen LogP contribution in [0.15, 0.2) is 18.2 Å². The van der Waals surface area contributed by atoms with Crippen LogP contribution < -0.4 is 10.6 Å². The monoisotopic (exact) mass is 341 g/mol. The summed E-state index contributed by atoms with van der Waals surface area (Å²) in [5.41, 5.74) is 1.07. The van der Waals surface area contributed by atoms with Gasteiger partial charge in [-0.1, -0.05) is 0 Å². The molecule has 1 aliphatic heterocycles. The number of fused-ring (bicyclic) bond motifs is 1. The minimum atomic E-state index is -0.826. The highest BCUT2D eigenvalue weighted by Crippen LogP contribution is 2.28. The number of hydrogen-bond donors (Lipinski definition) is 2. The minimum absolute atomic E-state index is 0.0437. The highest BCUT2D eigenvalue weighted by Gasteiger charge is 2.35. The second-order valence-corrected chi connectivity index (χ2v) is 6.45. The van der Waals surface area contributed by atoms with E-state index in [-0.39, 0.29) is 5.91 Å². The summed E-state index contributed by atoms with van der Waals surface area (Å²) in [5, 5.41) is 14.7. The van der Waals surface area contributed by atoms with Crippen LogP contribution >= 0.6 is 0 Å². The van der Waals surface area contributed by atoms with Crippen LogP contribution in [0, 0.1) is 11.3 Å². The van der Waals surface area contributed by atoms with Crippen LogP contribution in [0.1, 0.15) is 48.0 Å². The number of anilines is 1. The van der Waals surface area contributed by atoms with Gasteiger partial charge in [0.2, 0.25) is 5.91 Å². The molecule has 0 unspecified atom stereocenters. The molecule has 0 atom stereocenters. The van der Waals surface area contributed by atoms with E-state index < -0.39 is 24.0 Å². The lowest BCUT2D eigenvalue weighted by Crippen LogP contribution is -2.46. The molecule has 2 amide bonds. The molecule has 2 N–H and O–H groups in total. The van der Waals surface area contributed by atoms with Gasteiger partial charge in [0.25, 0.3) is 5.91 Å². The Balaban J connectivity index is 1.57. The smallest absolute Gasteiger partial charge is 0.338 e. The maximum atomic E-state index is 12.1. The molecule has 0 aromatic heterocycles.